The standard InChI is InChI=1S/C22H21N5O3/c1-12(2)27-21-17(11-24-27)16(10-18(26-21)19-5-4-8-30-19)22(29)25-14-6-7-15(20(23)28)13(3)9-14/h4-12H,1-3H3,(H2,23,28)(H,25,29). The number of pyridine rings is 1. The van der Waals surface area contributed by atoms with E-state index in [9.17, 15) is 9.59 Å². The largest absolute Gasteiger partial charge is 0.463 e. The summed E-state index contributed by atoms with van der Waals surface area (Å²) in [6.45, 7) is 5.76. The Hall–Kier alpha value is -3.94. The maximum absolute atomic E-state index is 13.2. The monoisotopic (exact) mass is 403 g/mol. The molecule has 0 unspecified atom stereocenters. The van der Waals surface area contributed by atoms with Crippen LogP contribution in [0.1, 0.15) is 46.2 Å². The molecule has 8 heteroatoms. The molecule has 0 fully saturated rings. The molecular formula is C22H21N5O3. The molecule has 4 rings (SSSR count). The van der Waals surface area contributed by atoms with Crippen LogP contribution in [0.3, 0.4) is 0 Å². The SMILES string of the molecule is Cc1cc(NC(=O)c2cc(-c3ccco3)nc3c2cnn3C(C)C)ccc1C(N)=O. The normalized spacial score (nSPS) is 11.2. The molecule has 2 amide bonds. The second-order valence-electron chi connectivity index (χ2n) is 7.30. The van der Waals surface area contributed by atoms with Gasteiger partial charge in [-0.3, -0.25) is 9.59 Å². The number of aromatic nitrogens is 3. The lowest BCUT2D eigenvalue weighted by atomic mass is 10.1. The molecule has 0 aliphatic rings. The van der Waals surface area contributed by atoms with Crippen molar-refractivity contribution in [2.24, 2.45) is 5.73 Å². The third kappa shape index (κ3) is 3.43. The van der Waals surface area contributed by atoms with Crippen LogP contribution in [-0.2, 0) is 0 Å². The number of primary amides is 1. The quantitative estimate of drug-likeness (QED) is 0.524. The highest BCUT2D eigenvalue weighted by Gasteiger charge is 2.20. The number of amides is 2. The zero-order valence-electron chi connectivity index (χ0n) is 16.8. The number of nitrogens with zero attached hydrogens (tertiary/aromatic N) is 3. The van der Waals surface area contributed by atoms with Crippen LogP contribution in [0.5, 0.6) is 0 Å². The fraction of sp³-hybridized carbons (Fsp3) is 0.182. The predicted octanol–water partition coefficient (Wildman–Crippen LogP) is 3.93. The second kappa shape index (κ2) is 7.47. The van der Waals surface area contributed by atoms with Gasteiger partial charge in [0.15, 0.2) is 11.4 Å². The summed E-state index contributed by atoms with van der Waals surface area (Å²) < 4.78 is 7.25. The van der Waals surface area contributed by atoms with E-state index in [2.05, 4.69) is 15.4 Å². The number of hydrogen-bond donors (Lipinski definition) is 2. The van der Waals surface area contributed by atoms with E-state index in [1.807, 2.05) is 13.8 Å². The van der Waals surface area contributed by atoms with Crippen molar-refractivity contribution in [1.29, 1.82) is 0 Å². The first-order chi connectivity index (χ1) is 14.3. The highest BCUT2D eigenvalue weighted by Crippen LogP contribution is 2.27. The summed E-state index contributed by atoms with van der Waals surface area (Å²) in [6, 6.07) is 10.3. The minimum atomic E-state index is -0.509. The van der Waals surface area contributed by atoms with Gasteiger partial charge in [-0.15, -0.1) is 0 Å². The summed E-state index contributed by atoms with van der Waals surface area (Å²) in [7, 11) is 0. The molecule has 0 aliphatic carbocycles. The van der Waals surface area contributed by atoms with Gasteiger partial charge in [0.1, 0.15) is 5.69 Å². The van der Waals surface area contributed by atoms with Gasteiger partial charge >= 0.3 is 0 Å². The molecule has 0 aliphatic heterocycles. The van der Waals surface area contributed by atoms with E-state index in [1.165, 1.54) is 0 Å². The summed E-state index contributed by atoms with van der Waals surface area (Å²) in [5.41, 5.74) is 8.58. The van der Waals surface area contributed by atoms with E-state index >= 15 is 0 Å². The Morgan fingerprint density at radius 3 is 2.60 bits per heavy atom. The number of nitrogens with two attached hydrogens (primary N) is 1. The zero-order chi connectivity index (χ0) is 21.4. The molecule has 4 aromatic rings. The van der Waals surface area contributed by atoms with E-state index < -0.39 is 5.91 Å². The Bertz CT molecular complexity index is 1260. The smallest absolute Gasteiger partial charge is 0.256 e. The molecule has 0 atom stereocenters. The number of hydrogen-bond acceptors (Lipinski definition) is 5. The first-order valence-electron chi connectivity index (χ1n) is 9.49. The molecule has 0 saturated heterocycles. The summed E-state index contributed by atoms with van der Waals surface area (Å²) >= 11 is 0. The van der Waals surface area contributed by atoms with Crippen LogP contribution in [0.15, 0.2) is 53.3 Å². The van der Waals surface area contributed by atoms with Crippen molar-refractivity contribution >= 4 is 28.5 Å². The molecule has 0 saturated carbocycles. The van der Waals surface area contributed by atoms with E-state index in [0.29, 0.717) is 44.9 Å². The van der Waals surface area contributed by atoms with Crippen molar-refractivity contribution in [2.45, 2.75) is 26.8 Å². The molecule has 3 N–H and O–H groups in total. The summed E-state index contributed by atoms with van der Waals surface area (Å²) in [5, 5.41) is 7.93. The topological polar surface area (TPSA) is 116 Å². The molecule has 0 radical (unpaired) electrons. The number of fused-ring (bicyclic) bond motifs is 1. The fourth-order valence-electron chi connectivity index (χ4n) is 3.35. The van der Waals surface area contributed by atoms with Gasteiger partial charge in [-0.1, -0.05) is 0 Å². The van der Waals surface area contributed by atoms with Crippen LogP contribution < -0.4 is 11.1 Å². The average molecular weight is 403 g/mol. The van der Waals surface area contributed by atoms with E-state index in [4.69, 9.17) is 10.2 Å². The predicted molar refractivity (Wildman–Crippen MR) is 113 cm³/mol. The van der Waals surface area contributed by atoms with Crippen LogP contribution in [0, 0.1) is 6.92 Å². The van der Waals surface area contributed by atoms with Crippen molar-refractivity contribution in [1.82, 2.24) is 14.8 Å². The molecule has 0 bridgehead atoms. The number of carbonyl (C=O) groups is 2. The molecule has 0 spiro atoms. The van der Waals surface area contributed by atoms with Gasteiger partial charge in [0.05, 0.1) is 23.4 Å². The number of nitrogens with one attached hydrogen (secondary N) is 1. The van der Waals surface area contributed by atoms with Gasteiger partial charge in [0.2, 0.25) is 5.91 Å². The Kier molecular flexibility index (Phi) is 4.83. The first kappa shape index (κ1) is 19.4. The third-order valence-electron chi connectivity index (χ3n) is 4.82. The van der Waals surface area contributed by atoms with Crippen molar-refractivity contribution in [3.63, 3.8) is 0 Å². The van der Waals surface area contributed by atoms with Crippen LogP contribution in [0.2, 0.25) is 0 Å². The van der Waals surface area contributed by atoms with Gasteiger partial charge in [0, 0.05) is 17.3 Å². The van der Waals surface area contributed by atoms with E-state index in [-0.39, 0.29) is 11.9 Å². The number of aryl methyl sites for hydroxylation is 1. The Balaban J connectivity index is 1.78. The van der Waals surface area contributed by atoms with E-state index in [1.54, 1.807) is 60.5 Å². The molecule has 3 aromatic heterocycles. The van der Waals surface area contributed by atoms with Crippen LogP contribution in [0.4, 0.5) is 5.69 Å². The van der Waals surface area contributed by atoms with Crippen LogP contribution in [-0.4, -0.2) is 26.6 Å². The molecule has 1 aromatic carbocycles. The second-order valence-corrected chi connectivity index (χ2v) is 7.30. The first-order valence-corrected chi connectivity index (χ1v) is 9.49. The van der Waals surface area contributed by atoms with Crippen molar-refractivity contribution in [3.8, 4) is 11.5 Å². The number of benzene rings is 1. The van der Waals surface area contributed by atoms with Gasteiger partial charge in [-0.25, -0.2) is 9.67 Å². The fourth-order valence-corrected chi connectivity index (χ4v) is 3.35. The van der Waals surface area contributed by atoms with Crippen LogP contribution >= 0.6 is 0 Å². The van der Waals surface area contributed by atoms with E-state index in [0.717, 1.165) is 0 Å². The molecule has 30 heavy (non-hydrogen) atoms. The number of furan rings is 1. The minimum absolute atomic E-state index is 0.0711. The lowest BCUT2D eigenvalue weighted by Gasteiger charge is -2.11. The van der Waals surface area contributed by atoms with Crippen LogP contribution in [0.25, 0.3) is 22.5 Å². The zero-order valence-corrected chi connectivity index (χ0v) is 16.8. The lowest BCUT2D eigenvalue weighted by Crippen LogP contribution is -2.15. The molecule has 152 valence electrons. The average Bonchev–Trinajstić information content (AvgIpc) is 3.36. The van der Waals surface area contributed by atoms with Gasteiger partial charge < -0.3 is 15.5 Å². The minimum Gasteiger partial charge on any atom is -0.463 e. The van der Waals surface area contributed by atoms with Gasteiger partial charge in [0.25, 0.3) is 5.91 Å². The molecular weight excluding hydrogens is 382 g/mol. The maximum Gasteiger partial charge on any atom is 0.256 e. The Morgan fingerprint density at radius 2 is 1.97 bits per heavy atom. The summed E-state index contributed by atoms with van der Waals surface area (Å²) in [6.07, 6.45) is 3.20. The maximum atomic E-state index is 13.2. The third-order valence-corrected chi connectivity index (χ3v) is 4.82. The molecule has 8 nitrogen and oxygen atoms in total. The highest BCUT2D eigenvalue weighted by atomic mass is 16.3. The number of anilines is 1. The Labute approximate surface area is 172 Å². The van der Waals surface area contributed by atoms with Crippen molar-refractivity contribution in [2.75, 3.05) is 5.32 Å². The number of rotatable bonds is 5. The molecule has 3 heterocycles. The summed E-state index contributed by atoms with van der Waals surface area (Å²) in [5.74, 6) is -0.265. The van der Waals surface area contributed by atoms with Gasteiger partial charge in [-0.2, -0.15) is 5.10 Å². The summed E-state index contributed by atoms with van der Waals surface area (Å²) in [4.78, 5) is 29.3. The van der Waals surface area contributed by atoms with Crippen molar-refractivity contribution in [3.05, 3.63) is 65.5 Å². The number of carbonyl (C=O) groups excluding carboxylic acids is 2. The highest BCUT2D eigenvalue weighted by molar-refractivity contribution is 6.12. The lowest BCUT2D eigenvalue weighted by molar-refractivity contribution is 0.0998. The Morgan fingerprint density at radius 1 is 1.17 bits per heavy atom. The van der Waals surface area contributed by atoms with Gasteiger partial charge in [-0.05, 0) is 62.7 Å². The van der Waals surface area contributed by atoms with Crippen molar-refractivity contribution < 1.29 is 14.0 Å².